The van der Waals surface area contributed by atoms with Crippen LogP contribution < -0.4 is 14.9 Å². The van der Waals surface area contributed by atoms with Gasteiger partial charge < -0.3 is 9.47 Å². The number of carbonyl (C=O) groups excluding carboxylic acids is 1. The van der Waals surface area contributed by atoms with Gasteiger partial charge in [0.05, 0.1) is 24.8 Å². The smallest absolute Gasteiger partial charge is 0.244 e. The number of benzene rings is 3. The minimum atomic E-state index is -0.202. The van der Waals surface area contributed by atoms with Crippen LogP contribution in [0.25, 0.3) is 0 Å². The maximum atomic E-state index is 12.1. The predicted molar refractivity (Wildman–Crippen MR) is 129 cm³/mol. The molecule has 3 rings (SSSR count). The molecule has 7 heteroatoms. The lowest BCUT2D eigenvalue weighted by atomic mass is 10.1. The third-order valence-electron chi connectivity index (χ3n) is 4.75. The molecule has 0 aromatic heterocycles. The number of hydrogen-bond acceptors (Lipinski definition) is 4. The van der Waals surface area contributed by atoms with Crippen LogP contribution in [-0.4, -0.2) is 19.2 Å². The van der Waals surface area contributed by atoms with Crippen LogP contribution in [0.5, 0.6) is 11.5 Å². The molecule has 0 aliphatic carbocycles. The van der Waals surface area contributed by atoms with Gasteiger partial charge in [-0.3, -0.25) is 4.79 Å². The van der Waals surface area contributed by atoms with Crippen molar-refractivity contribution in [2.45, 2.75) is 26.4 Å². The van der Waals surface area contributed by atoms with E-state index in [1.807, 2.05) is 36.4 Å². The number of amides is 1. The van der Waals surface area contributed by atoms with Crippen molar-refractivity contribution in [3.63, 3.8) is 0 Å². The monoisotopic (exact) mass is 470 g/mol. The Kier molecular flexibility index (Phi) is 8.54. The molecule has 1 N–H and O–H groups in total. The molecule has 0 atom stereocenters. The third kappa shape index (κ3) is 6.74. The highest BCUT2D eigenvalue weighted by Gasteiger charge is 2.12. The molecule has 0 aliphatic rings. The van der Waals surface area contributed by atoms with E-state index in [1.54, 1.807) is 24.3 Å². The molecular formula is C25H24Cl2N2O3. The summed E-state index contributed by atoms with van der Waals surface area (Å²) in [6, 6.07) is 18.7. The molecular weight excluding hydrogens is 447 g/mol. The molecule has 0 heterocycles. The molecule has 0 radical (unpaired) electrons. The van der Waals surface area contributed by atoms with Gasteiger partial charge in [-0.1, -0.05) is 66.5 Å². The molecule has 5 nitrogen and oxygen atoms in total. The minimum Gasteiger partial charge on any atom is -0.493 e. The highest BCUT2D eigenvalue weighted by Crippen LogP contribution is 2.36. The summed E-state index contributed by atoms with van der Waals surface area (Å²) in [4.78, 5) is 12.1. The Labute approximate surface area is 198 Å². The summed E-state index contributed by atoms with van der Waals surface area (Å²) in [5, 5.41) is 5.07. The normalized spacial score (nSPS) is 10.9. The van der Waals surface area contributed by atoms with Crippen molar-refractivity contribution in [2.75, 3.05) is 7.11 Å². The van der Waals surface area contributed by atoms with Gasteiger partial charge in [0, 0.05) is 5.02 Å². The van der Waals surface area contributed by atoms with E-state index in [4.69, 9.17) is 32.7 Å². The van der Waals surface area contributed by atoms with Gasteiger partial charge in [0.15, 0.2) is 11.5 Å². The standard InChI is InChI=1S/C25H24Cl2N2O3/c1-3-17-4-6-18(7-5-17)14-24(30)29-28-15-20-12-22(27)25(23(13-20)31-2)32-16-19-8-10-21(26)11-9-19/h4-13,15H,3,14,16H2,1-2H3,(H,29,30)/b28-15+. The van der Waals surface area contributed by atoms with Crippen molar-refractivity contribution in [1.82, 2.24) is 5.43 Å². The highest BCUT2D eigenvalue weighted by atomic mass is 35.5. The van der Waals surface area contributed by atoms with Gasteiger partial charge >= 0.3 is 0 Å². The fourth-order valence-corrected chi connectivity index (χ4v) is 3.39. The lowest BCUT2D eigenvalue weighted by molar-refractivity contribution is -0.120. The van der Waals surface area contributed by atoms with Crippen molar-refractivity contribution in [3.05, 3.63) is 93.0 Å². The number of hydrogen-bond donors (Lipinski definition) is 1. The first-order valence-electron chi connectivity index (χ1n) is 10.1. The van der Waals surface area contributed by atoms with E-state index in [0.29, 0.717) is 33.7 Å². The van der Waals surface area contributed by atoms with Crippen molar-refractivity contribution < 1.29 is 14.3 Å². The largest absolute Gasteiger partial charge is 0.493 e. The Morgan fingerprint density at radius 3 is 2.31 bits per heavy atom. The number of rotatable bonds is 9. The average molecular weight is 471 g/mol. The second-order valence-corrected chi connectivity index (χ2v) is 7.93. The van der Waals surface area contributed by atoms with Gasteiger partial charge in [0.25, 0.3) is 0 Å². The number of hydrazone groups is 1. The summed E-state index contributed by atoms with van der Waals surface area (Å²) in [5.41, 5.74) is 6.32. The van der Waals surface area contributed by atoms with Gasteiger partial charge in [-0.2, -0.15) is 5.10 Å². The summed E-state index contributed by atoms with van der Waals surface area (Å²) in [7, 11) is 1.54. The van der Waals surface area contributed by atoms with Gasteiger partial charge in [-0.15, -0.1) is 0 Å². The van der Waals surface area contributed by atoms with E-state index in [1.165, 1.54) is 18.9 Å². The number of methoxy groups -OCH3 is 1. The molecule has 0 spiro atoms. The molecule has 0 aliphatic heterocycles. The Bertz CT molecular complexity index is 1080. The number of nitrogens with zero attached hydrogens (tertiary/aromatic N) is 1. The fourth-order valence-electron chi connectivity index (χ4n) is 2.99. The van der Waals surface area contributed by atoms with Crippen molar-refractivity contribution in [3.8, 4) is 11.5 Å². The van der Waals surface area contributed by atoms with E-state index in [9.17, 15) is 4.79 Å². The van der Waals surface area contributed by atoms with Gasteiger partial charge in [0.1, 0.15) is 6.61 Å². The minimum absolute atomic E-state index is 0.202. The Hall–Kier alpha value is -3.02. The van der Waals surface area contributed by atoms with Crippen LogP contribution in [0.2, 0.25) is 10.0 Å². The summed E-state index contributed by atoms with van der Waals surface area (Å²) in [6.45, 7) is 2.41. The summed E-state index contributed by atoms with van der Waals surface area (Å²) >= 11 is 12.3. The van der Waals surface area contributed by atoms with Crippen LogP contribution in [0.3, 0.4) is 0 Å². The van der Waals surface area contributed by atoms with E-state index in [0.717, 1.165) is 17.5 Å². The molecule has 0 bridgehead atoms. The van der Waals surface area contributed by atoms with E-state index in [2.05, 4.69) is 17.5 Å². The van der Waals surface area contributed by atoms with E-state index >= 15 is 0 Å². The second-order valence-electron chi connectivity index (χ2n) is 7.09. The first-order chi connectivity index (χ1) is 15.5. The SMILES string of the molecule is CCc1ccc(CC(=O)N/N=C/c2cc(Cl)c(OCc3ccc(Cl)cc3)c(OC)c2)cc1. The summed E-state index contributed by atoms with van der Waals surface area (Å²) in [5.74, 6) is 0.697. The molecule has 32 heavy (non-hydrogen) atoms. The predicted octanol–water partition coefficient (Wildman–Crippen LogP) is 5.84. The summed E-state index contributed by atoms with van der Waals surface area (Å²) in [6.07, 6.45) is 2.73. The zero-order chi connectivity index (χ0) is 22.9. The molecule has 0 saturated carbocycles. The fraction of sp³-hybridized carbons (Fsp3) is 0.200. The van der Waals surface area contributed by atoms with E-state index < -0.39 is 0 Å². The Balaban J connectivity index is 1.60. The number of halogens is 2. The van der Waals surface area contributed by atoms with E-state index in [-0.39, 0.29) is 12.3 Å². The lowest BCUT2D eigenvalue weighted by Gasteiger charge is -2.13. The Morgan fingerprint density at radius 2 is 1.66 bits per heavy atom. The quantitative estimate of drug-likeness (QED) is 0.315. The number of ether oxygens (including phenoxy) is 2. The van der Waals surface area contributed by atoms with Crippen LogP contribution >= 0.6 is 23.2 Å². The first-order valence-corrected chi connectivity index (χ1v) is 10.9. The molecule has 0 saturated heterocycles. The van der Waals surface area contributed by atoms with Gasteiger partial charge in [-0.25, -0.2) is 5.43 Å². The highest BCUT2D eigenvalue weighted by molar-refractivity contribution is 6.32. The van der Waals surface area contributed by atoms with Gasteiger partial charge in [0.2, 0.25) is 5.91 Å². The van der Waals surface area contributed by atoms with Crippen LogP contribution in [-0.2, 0) is 24.2 Å². The maximum absolute atomic E-state index is 12.1. The third-order valence-corrected chi connectivity index (χ3v) is 5.28. The number of carbonyl (C=O) groups is 1. The van der Waals surface area contributed by atoms with Crippen LogP contribution in [0.15, 0.2) is 65.8 Å². The molecule has 1 amide bonds. The number of aryl methyl sites for hydroxylation is 1. The van der Waals surface area contributed by atoms with Crippen LogP contribution in [0.1, 0.15) is 29.2 Å². The van der Waals surface area contributed by atoms with Crippen molar-refractivity contribution in [2.24, 2.45) is 5.10 Å². The van der Waals surface area contributed by atoms with Crippen molar-refractivity contribution in [1.29, 1.82) is 0 Å². The molecule has 3 aromatic carbocycles. The van der Waals surface area contributed by atoms with Crippen LogP contribution in [0, 0.1) is 0 Å². The first kappa shape index (κ1) is 23.6. The molecule has 166 valence electrons. The van der Waals surface area contributed by atoms with Gasteiger partial charge in [-0.05, 0) is 52.9 Å². The van der Waals surface area contributed by atoms with Crippen LogP contribution in [0.4, 0.5) is 0 Å². The average Bonchev–Trinajstić information content (AvgIpc) is 2.79. The topological polar surface area (TPSA) is 59.9 Å². The summed E-state index contributed by atoms with van der Waals surface area (Å²) < 4.78 is 11.3. The maximum Gasteiger partial charge on any atom is 0.244 e. The van der Waals surface area contributed by atoms with Crippen molar-refractivity contribution >= 4 is 35.3 Å². The number of nitrogens with one attached hydrogen (secondary N) is 1. The zero-order valence-corrected chi connectivity index (χ0v) is 19.4. The lowest BCUT2D eigenvalue weighted by Crippen LogP contribution is -2.19. The zero-order valence-electron chi connectivity index (χ0n) is 17.9. The molecule has 0 unspecified atom stereocenters. The molecule has 3 aromatic rings. The molecule has 0 fully saturated rings. The Morgan fingerprint density at radius 1 is 1.00 bits per heavy atom. The second kappa shape index (κ2) is 11.6.